The molecule has 1 heterocycles. The third-order valence-electron chi connectivity index (χ3n) is 1.53. The van der Waals surface area contributed by atoms with Gasteiger partial charge in [-0.3, -0.25) is 4.68 Å². The molecule has 0 saturated heterocycles. The van der Waals surface area contributed by atoms with E-state index in [4.69, 9.17) is 0 Å². The number of hydrogen-bond acceptors (Lipinski definition) is 1. The smallest absolute Gasteiger partial charge is 0.0923 e. The van der Waals surface area contributed by atoms with Crippen molar-refractivity contribution in [3.63, 3.8) is 0 Å². The molecular formula is C14H26N2. The van der Waals surface area contributed by atoms with Crippen molar-refractivity contribution in [1.29, 1.82) is 0 Å². The quantitative estimate of drug-likeness (QED) is 0.634. The molecule has 1 aromatic heterocycles. The molecule has 0 N–H and O–H groups in total. The maximum Gasteiger partial charge on any atom is 0.0923 e. The van der Waals surface area contributed by atoms with Crippen molar-refractivity contribution >= 4 is 10.9 Å². The fraction of sp³-hybridized carbons (Fsp3) is 0.500. The predicted octanol–water partition coefficient (Wildman–Crippen LogP) is 4.65. The highest BCUT2D eigenvalue weighted by atomic mass is 15.2. The summed E-state index contributed by atoms with van der Waals surface area (Å²) < 4.78 is 1.82. The molecule has 2 heteroatoms. The first-order valence-corrected chi connectivity index (χ1v) is 6.25. The molecule has 2 nitrogen and oxygen atoms in total. The van der Waals surface area contributed by atoms with Crippen molar-refractivity contribution in [2.24, 2.45) is 7.05 Å². The van der Waals surface area contributed by atoms with Crippen LogP contribution in [0.5, 0.6) is 0 Å². The summed E-state index contributed by atoms with van der Waals surface area (Å²) in [6, 6.07) is 8.08. The van der Waals surface area contributed by atoms with Crippen LogP contribution in [0.3, 0.4) is 0 Å². The first-order valence-electron chi connectivity index (χ1n) is 6.25. The van der Waals surface area contributed by atoms with Crippen LogP contribution in [0.4, 0.5) is 0 Å². The van der Waals surface area contributed by atoms with Crippen LogP contribution in [0.1, 0.15) is 41.5 Å². The molecule has 0 unspecified atom stereocenters. The molecule has 0 bridgehead atoms. The van der Waals surface area contributed by atoms with E-state index >= 15 is 0 Å². The van der Waals surface area contributed by atoms with Gasteiger partial charge in [-0.1, -0.05) is 59.7 Å². The van der Waals surface area contributed by atoms with Crippen molar-refractivity contribution in [2.45, 2.75) is 41.5 Å². The summed E-state index contributed by atoms with van der Waals surface area (Å²) in [5.41, 5.74) is 1.06. The van der Waals surface area contributed by atoms with Gasteiger partial charge >= 0.3 is 0 Å². The molecule has 0 radical (unpaired) electrons. The van der Waals surface area contributed by atoms with E-state index in [1.165, 1.54) is 5.39 Å². The molecule has 0 spiro atoms. The van der Waals surface area contributed by atoms with Crippen LogP contribution in [-0.2, 0) is 7.05 Å². The number of hydrogen-bond donors (Lipinski definition) is 0. The predicted molar refractivity (Wildman–Crippen MR) is 74.8 cm³/mol. The molecule has 0 aliphatic rings. The van der Waals surface area contributed by atoms with Gasteiger partial charge in [0, 0.05) is 18.6 Å². The summed E-state index contributed by atoms with van der Waals surface area (Å²) in [5.74, 6) is 0. The zero-order valence-corrected chi connectivity index (χ0v) is 11.8. The highest BCUT2D eigenvalue weighted by molar-refractivity contribution is 5.77. The Kier molecular flexibility index (Phi) is 12.6. The van der Waals surface area contributed by atoms with Crippen molar-refractivity contribution in [3.05, 3.63) is 30.5 Å². The molecule has 0 atom stereocenters. The van der Waals surface area contributed by atoms with Gasteiger partial charge < -0.3 is 0 Å². The van der Waals surface area contributed by atoms with Crippen LogP contribution >= 0.6 is 0 Å². The second-order valence-electron chi connectivity index (χ2n) is 2.36. The summed E-state index contributed by atoms with van der Waals surface area (Å²) in [6.45, 7) is 12.0. The standard InChI is InChI=1S/C8H8N2.3C2H6/c1-10-6-7-4-2-3-5-8(7)9-10;3*1-2/h2-6H,1H3;3*1-2H3. The SMILES string of the molecule is CC.CC.CC.Cn1cc2ccccc2n1. The largest absolute Gasteiger partial charge is 0.275 e. The normalized spacial score (nSPS) is 7.69. The number of nitrogens with zero attached hydrogens (tertiary/aromatic N) is 2. The minimum Gasteiger partial charge on any atom is -0.275 e. The number of fused-ring (bicyclic) bond motifs is 1. The summed E-state index contributed by atoms with van der Waals surface area (Å²) in [5, 5.41) is 5.43. The van der Waals surface area contributed by atoms with E-state index in [2.05, 4.69) is 11.2 Å². The Hall–Kier alpha value is -1.31. The summed E-state index contributed by atoms with van der Waals surface area (Å²) in [6.07, 6.45) is 2.01. The summed E-state index contributed by atoms with van der Waals surface area (Å²) in [7, 11) is 1.93. The molecule has 16 heavy (non-hydrogen) atoms. The lowest BCUT2D eigenvalue weighted by Crippen LogP contribution is -1.84. The van der Waals surface area contributed by atoms with E-state index in [0.717, 1.165) is 5.52 Å². The second kappa shape index (κ2) is 11.8. The van der Waals surface area contributed by atoms with Crippen LogP contribution in [0.15, 0.2) is 30.5 Å². The summed E-state index contributed by atoms with van der Waals surface area (Å²) >= 11 is 0. The molecule has 1 aromatic carbocycles. The maximum absolute atomic E-state index is 4.23. The van der Waals surface area contributed by atoms with Crippen molar-refractivity contribution in [3.8, 4) is 0 Å². The Bertz CT molecular complexity index is 317. The van der Waals surface area contributed by atoms with Crippen LogP contribution in [0.25, 0.3) is 10.9 Å². The van der Waals surface area contributed by atoms with E-state index in [1.807, 2.05) is 77.7 Å². The molecule has 0 aliphatic heterocycles. The lowest BCUT2D eigenvalue weighted by molar-refractivity contribution is 0.780. The second-order valence-corrected chi connectivity index (χ2v) is 2.36. The Morgan fingerprint density at radius 1 is 0.875 bits per heavy atom. The van der Waals surface area contributed by atoms with Gasteiger partial charge in [0.2, 0.25) is 0 Å². The molecule has 2 aromatic rings. The third-order valence-corrected chi connectivity index (χ3v) is 1.53. The first kappa shape index (κ1) is 17.1. The lowest BCUT2D eigenvalue weighted by atomic mass is 10.3. The zero-order valence-electron chi connectivity index (χ0n) is 11.8. The molecular weight excluding hydrogens is 196 g/mol. The Morgan fingerprint density at radius 3 is 1.88 bits per heavy atom. The maximum atomic E-state index is 4.23. The molecule has 0 fully saturated rings. The van der Waals surface area contributed by atoms with Gasteiger partial charge in [-0.15, -0.1) is 0 Å². The fourth-order valence-electron chi connectivity index (χ4n) is 1.09. The molecule has 0 saturated carbocycles. The number of benzene rings is 1. The summed E-state index contributed by atoms with van der Waals surface area (Å²) in [4.78, 5) is 0. The van der Waals surface area contributed by atoms with E-state index in [0.29, 0.717) is 0 Å². The lowest BCUT2D eigenvalue weighted by Gasteiger charge is -1.80. The topological polar surface area (TPSA) is 17.8 Å². The number of aromatic nitrogens is 2. The first-order chi connectivity index (χ1) is 7.86. The van der Waals surface area contributed by atoms with Gasteiger partial charge in [-0.25, -0.2) is 0 Å². The average Bonchev–Trinajstić information content (AvgIpc) is 2.76. The number of rotatable bonds is 0. The van der Waals surface area contributed by atoms with Gasteiger partial charge in [0.15, 0.2) is 0 Å². The average molecular weight is 222 g/mol. The molecule has 0 aliphatic carbocycles. The van der Waals surface area contributed by atoms with Crippen molar-refractivity contribution < 1.29 is 0 Å². The van der Waals surface area contributed by atoms with E-state index in [1.54, 1.807) is 0 Å². The van der Waals surface area contributed by atoms with Gasteiger partial charge in [-0.05, 0) is 6.07 Å². The Balaban J connectivity index is 0. The zero-order chi connectivity index (χ0) is 13.0. The van der Waals surface area contributed by atoms with Crippen molar-refractivity contribution in [2.75, 3.05) is 0 Å². The van der Waals surface area contributed by atoms with E-state index in [9.17, 15) is 0 Å². The van der Waals surface area contributed by atoms with E-state index in [-0.39, 0.29) is 0 Å². The van der Waals surface area contributed by atoms with Gasteiger partial charge in [0.1, 0.15) is 0 Å². The highest BCUT2D eigenvalue weighted by Gasteiger charge is 1.92. The van der Waals surface area contributed by atoms with Gasteiger partial charge in [0.25, 0.3) is 0 Å². The fourth-order valence-corrected chi connectivity index (χ4v) is 1.09. The van der Waals surface area contributed by atoms with Gasteiger partial charge in [0.05, 0.1) is 5.52 Å². The third kappa shape index (κ3) is 5.54. The van der Waals surface area contributed by atoms with E-state index < -0.39 is 0 Å². The Labute approximate surface area is 100 Å². The Morgan fingerprint density at radius 2 is 1.38 bits per heavy atom. The highest BCUT2D eigenvalue weighted by Crippen LogP contribution is 2.08. The van der Waals surface area contributed by atoms with Gasteiger partial charge in [-0.2, -0.15) is 5.10 Å². The minimum atomic E-state index is 1.06. The van der Waals surface area contributed by atoms with Crippen LogP contribution in [0.2, 0.25) is 0 Å². The monoisotopic (exact) mass is 222 g/mol. The van der Waals surface area contributed by atoms with Crippen LogP contribution in [0, 0.1) is 0 Å². The minimum absolute atomic E-state index is 1.06. The molecule has 92 valence electrons. The number of aryl methyl sites for hydroxylation is 1. The van der Waals surface area contributed by atoms with Crippen LogP contribution in [-0.4, -0.2) is 9.78 Å². The molecule has 0 amide bonds. The van der Waals surface area contributed by atoms with Crippen LogP contribution < -0.4 is 0 Å². The van der Waals surface area contributed by atoms with Crippen molar-refractivity contribution in [1.82, 2.24) is 9.78 Å². The molecule has 2 rings (SSSR count).